The van der Waals surface area contributed by atoms with Crippen LogP contribution in [0, 0.1) is 5.92 Å². The minimum absolute atomic E-state index is 0.220. The molecule has 0 rings (SSSR count). The Balaban J connectivity index is 3.80. The number of carbonyl (C=O) groups is 2. The van der Waals surface area contributed by atoms with Crippen LogP contribution in [0.5, 0.6) is 0 Å². The predicted octanol–water partition coefficient (Wildman–Crippen LogP) is 1.71. The lowest BCUT2D eigenvalue weighted by molar-refractivity contribution is -0.151. The quantitative estimate of drug-likeness (QED) is 0.490. The second kappa shape index (κ2) is 8.69. The third-order valence-corrected chi connectivity index (χ3v) is 2.24. The summed E-state index contributed by atoms with van der Waals surface area (Å²) in [5, 5.41) is 0. The molecule has 0 radical (unpaired) electrons. The van der Waals surface area contributed by atoms with Crippen LogP contribution >= 0.6 is 0 Å². The Morgan fingerprint density at radius 1 is 1.28 bits per heavy atom. The number of hydrogen-bond acceptors (Lipinski definition) is 5. The molecule has 0 aliphatic carbocycles. The monoisotopic (exact) mass is 258 g/mol. The molecular weight excluding hydrogens is 236 g/mol. The summed E-state index contributed by atoms with van der Waals surface area (Å²) in [6.45, 7) is 9.10. The minimum Gasteiger partial charge on any atom is -0.465 e. The van der Waals surface area contributed by atoms with Gasteiger partial charge in [-0.3, -0.25) is 4.79 Å². The SMILES string of the molecule is C=C(C)C(=O)OC(C)CCOC(=O)C(C)COC. The van der Waals surface area contributed by atoms with Crippen molar-refractivity contribution in [3.8, 4) is 0 Å². The largest absolute Gasteiger partial charge is 0.465 e. The van der Waals surface area contributed by atoms with Crippen LogP contribution < -0.4 is 0 Å². The van der Waals surface area contributed by atoms with E-state index in [0.717, 1.165) is 0 Å². The highest BCUT2D eigenvalue weighted by Crippen LogP contribution is 2.04. The molecule has 2 atom stereocenters. The highest BCUT2D eigenvalue weighted by atomic mass is 16.6. The van der Waals surface area contributed by atoms with Gasteiger partial charge in [-0.15, -0.1) is 0 Å². The summed E-state index contributed by atoms with van der Waals surface area (Å²) >= 11 is 0. The molecule has 0 N–H and O–H groups in total. The number of hydrogen-bond donors (Lipinski definition) is 0. The van der Waals surface area contributed by atoms with E-state index in [1.807, 2.05) is 0 Å². The van der Waals surface area contributed by atoms with Crippen LogP contribution in [0.25, 0.3) is 0 Å². The average molecular weight is 258 g/mol. The van der Waals surface area contributed by atoms with E-state index in [4.69, 9.17) is 14.2 Å². The molecule has 0 saturated heterocycles. The van der Waals surface area contributed by atoms with Crippen LogP contribution in [0.15, 0.2) is 12.2 Å². The molecule has 0 heterocycles. The molecule has 5 heteroatoms. The van der Waals surface area contributed by atoms with Gasteiger partial charge in [0.05, 0.1) is 19.1 Å². The fraction of sp³-hybridized carbons (Fsp3) is 0.692. The molecule has 0 spiro atoms. The van der Waals surface area contributed by atoms with Gasteiger partial charge >= 0.3 is 11.9 Å². The standard InChI is InChI=1S/C13H22O5/c1-9(2)12(14)18-11(4)6-7-17-13(15)10(3)8-16-5/h10-11H,1,6-8H2,2-5H3. The number of esters is 2. The number of methoxy groups -OCH3 is 1. The molecule has 0 bridgehead atoms. The molecule has 2 unspecified atom stereocenters. The molecule has 5 nitrogen and oxygen atoms in total. The lowest BCUT2D eigenvalue weighted by Crippen LogP contribution is -2.22. The fourth-order valence-corrected chi connectivity index (χ4v) is 1.13. The summed E-state index contributed by atoms with van der Waals surface area (Å²) in [5.74, 6) is -1.03. The average Bonchev–Trinajstić information content (AvgIpc) is 2.28. The van der Waals surface area contributed by atoms with Crippen LogP contribution in [-0.4, -0.2) is 38.4 Å². The summed E-state index contributed by atoms with van der Waals surface area (Å²) in [6.07, 6.45) is 0.157. The van der Waals surface area contributed by atoms with E-state index in [9.17, 15) is 9.59 Å². The van der Waals surface area contributed by atoms with Crippen molar-refractivity contribution in [2.75, 3.05) is 20.3 Å². The Morgan fingerprint density at radius 3 is 2.39 bits per heavy atom. The lowest BCUT2D eigenvalue weighted by Gasteiger charge is -2.14. The summed E-state index contributed by atoms with van der Waals surface area (Å²) in [6, 6.07) is 0. The topological polar surface area (TPSA) is 61.8 Å². The molecule has 18 heavy (non-hydrogen) atoms. The maximum atomic E-state index is 11.4. The molecule has 0 fully saturated rings. The lowest BCUT2D eigenvalue weighted by atomic mass is 10.2. The molecule has 0 aliphatic heterocycles. The van der Waals surface area contributed by atoms with E-state index < -0.39 is 5.97 Å². The van der Waals surface area contributed by atoms with Crippen LogP contribution in [-0.2, 0) is 23.8 Å². The molecule has 0 aromatic carbocycles. The van der Waals surface area contributed by atoms with Crippen LogP contribution in [0.3, 0.4) is 0 Å². The highest BCUT2D eigenvalue weighted by Gasteiger charge is 2.15. The van der Waals surface area contributed by atoms with Crippen molar-refractivity contribution in [3.63, 3.8) is 0 Å². The first-order chi connectivity index (χ1) is 8.38. The van der Waals surface area contributed by atoms with Gasteiger partial charge in [0.2, 0.25) is 0 Å². The van der Waals surface area contributed by atoms with Gasteiger partial charge in [0.15, 0.2) is 0 Å². The maximum Gasteiger partial charge on any atom is 0.333 e. The second-order valence-corrected chi connectivity index (χ2v) is 4.31. The van der Waals surface area contributed by atoms with E-state index >= 15 is 0 Å². The maximum absolute atomic E-state index is 11.4. The van der Waals surface area contributed by atoms with Crippen LogP contribution in [0.4, 0.5) is 0 Å². The summed E-state index contributed by atoms with van der Waals surface area (Å²) in [4.78, 5) is 22.6. The smallest absolute Gasteiger partial charge is 0.333 e. The Bertz CT molecular complexity index is 298. The van der Waals surface area contributed by atoms with Gasteiger partial charge in [0, 0.05) is 19.1 Å². The van der Waals surface area contributed by atoms with Crippen molar-refractivity contribution in [3.05, 3.63) is 12.2 Å². The Labute approximate surface area is 108 Å². The van der Waals surface area contributed by atoms with Crippen molar-refractivity contribution in [2.45, 2.75) is 33.3 Å². The van der Waals surface area contributed by atoms with Gasteiger partial charge < -0.3 is 14.2 Å². The number of ether oxygens (including phenoxy) is 3. The van der Waals surface area contributed by atoms with Gasteiger partial charge in [0.1, 0.15) is 6.10 Å². The summed E-state index contributed by atoms with van der Waals surface area (Å²) in [7, 11) is 1.53. The first-order valence-electron chi connectivity index (χ1n) is 5.90. The minimum atomic E-state index is -0.429. The molecule has 0 aromatic rings. The molecule has 0 aromatic heterocycles. The van der Waals surface area contributed by atoms with Gasteiger partial charge in [-0.25, -0.2) is 4.79 Å². The van der Waals surface area contributed by atoms with Gasteiger partial charge in [-0.05, 0) is 20.8 Å². The predicted molar refractivity (Wildman–Crippen MR) is 67.0 cm³/mol. The molecule has 104 valence electrons. The number of rotatable bonds is 8. The molecule has 0 amide bonds. The first kappa shape index (κ1) is 16.6. The zero-order valence-electron chi connectivity index (χ0n) is 11.5. The van der Waals surface area contributed by atoms with Crippen molar-refractivity contribution in [2.24, 2.45) is 5.92 Å². The summed E-state index contributed by atoms with van der Waals surface area (Å²) in [5.41, 5.74) is 0.354. The highest BCUT2D eigenvalue weighted by molar-refractivity contribution is 5.87. The second-order valence-electron chi connectivity index (χ2n) is 4.31. The van der Waals surface area contributed by atoms with Crippen molar-refractivity contribution >= 4 is 11.9 Å². The van der Waals surface area contributed by atoms with Crippen molar-refractivity contribution in [1.82, 2.24) is 0 Å². The number of carbonyl (C=O) groups excluding carboxylic acids is 2. The van der Waals surface area contributed by atoms with Crippen LogP contribution in [0.1, 0.15) is 27.2 Å². The summed E-state index contributed by atoms with van der Waals surface area (Å²) < 4.78 is 14.9. The Morgan fingerprint density at radius 2 is 1.89 bits per heavy atom. The van der Waals surface area contributed by atoms with Crippen LogP contribution in [0.2, 0.25) is 0 Å². The molecule has 0 saturated carbocycles. The third-order valence-electron chi connectivity index (χ3n) is 2.24. The fourth-order valence-electron chi connectivity index (χ4n) is 1.13. The Hall–Kier alpha value is -1.36. The van der Waals surface area contributed by atoms with Crippen molar-refractivity contribution < 1.29 is 23.8 Å². The first-order valence-corrected chi connectivity index (χ1v) is 5.90. The molecular formula is C13H22O5. The normalized spacial score (nSPS) is 13.6. The zero-order chi connectivity index (χ0) is 14.1. The van der Waals surface area contributed by atoms with E-state index in [0.29, 0.717) is 18.6 Å². The van der Waals surface area contributed by atoms with E-state index in [-0.39, 0.29) is 24.6 Å². The van der Waals surface area contributed by atoms with Gasteiger partial charge in [0.25, 0.3) is 0 Å². The molecule has 0 aliphatic rings. The van der Waals surface area contributed by atoms with E-state index in [1.54, 1.807) is 20.8 Å². The van der Waals surface area contributed by atoms with Crippen molar-refractivity contribution in [1.29, 1.82) is 0 Å². The van der Waals surface area contributed by atoms with Gasteiger partial charge in [-0.2, -0.15) is 0 Å². The zero-order valence-corrected chi connectivity index (χ0v) is 11.5. The third kappa shape index (κ3) is 7.06. The Kier molecular flexibility index (Phi) is 8.03. The van der Waals surface area contributed by atoms with E-state index in [1.165, 1.54) is 7.11 Å². The van der Waals surface area contributed by atoms with Gasteiger partial charge in [-0.1, -0.05) is 6.58 Å². The van der Waals surface area contributed by atoms with E-state index in [2.05, 4.69) is 6.58 Å².